The highest BCUT2D eigenvalue weighted by molar-refractivity contribution is 4.76. The van der Waals surface area contributed by atoms with Crippen LogP contribution in [0.5, 0.6) is 0 Å². The van der Waals surface area contributed by atoms with Crippen LogP contribution in [0.25, 0.3) is 0 Å². The molecule has 2 fully saturated rings. The molecule has 0 spiro atoms. The van der Waals surface area contributed by atoms with Crippen LogP contribution in [0, 0.1) is 5.92 Å². The lowest BCUT2D eigenvalue weighted by Crippen LogP contribution is -2.35. The van der Waals surface area contributed by atoms with Crippen LogP contribution in [0.4, 0.5) is 0 Å². The van der Waals surface area contributed by atoms with Crippen LogP contribution < -0.4 is 5.32 Å². The van der Waals surface area contributed by atoms with E-state index in [1.54, 1.807) is 0 Å². The highest BCUT2D eigenvalue weighted by Gasteiger charge is 2.18. The van der Waals surface area contributed by atoms with Gasteiger partial charge in [0, 0.05) is 6.04 Å². The van der Waals surface area contributed by atoms with Gasteiger partial charge in [-0.2, -0.15) is 0 Å². The Morgan fingerprint density at radius 1 is 1.12 bits per heavy atom. The zero-order valence-corrected chi connectivity index (χ0v) is 10.9. The van der Waals surface area contributed by atoms with Gasteiger partial charge in [-0.05, 0) is 64.2 Å². The van der Waals surface area contributed by atoms with Gasteiger partial charge in [0.25, 0.3) is 0 Å². The highest BCUT2D eigenvalue weighted by Crippen LogP contribution is 2.23. The van der Waals surface area contributed by atoms with Gasteiger partial charge in [0.15, 0.2) is 0 Å². The number of hydrogen-bond acceptors (Lipinski definition) is 2. The van der Waals surface area contributed by atoms with Crippen LogP contribution in [-0.2, 0) is 0 Å². The lowest BCUT2D eigenvalue weighted by atomic mass is 9.87. The number of nitrogens with one attached hydrogen (secondary N) is 1. The molecule has 1 saturated heterocycles. The molecule has 16 heavy (non-hydrogen) atoms. The molecule has 0 amide bonds. The van der Waals surface area contributed by atoms with Crippen molar-refractivity contribution in [2.75, 3.05) is 26.2 Å². The van der Waals surface area contributed by atoms with E-state index < -0.39 is 0 Å². The Labute approximate surface area is 101 Å². The largest absolute Gasteiger partial charge is 0.314 e. The zero-order chi connectivity index (χ0) is 11.2. The fraction of sp³-hybridized carbons (Fsp3) is 1.00. The molecule has 1 aliphatic carbocycles. The van der Waals surface area contributed by atoms with E-state index in [2.05, 4.69) is 17.1 Å². The predicted octanol–water partition coefficient (Wildman–Crippen LogP) is 2.64. The van der Waals surface area contributed by atoms with Crippen LogP contribution in [0.3, 0.4) is 0 Å². The molecule has 2 atom stereocenters. The first-order chi connectivity index (χ1) is 7.84. The predicted molar refractivity (Wildman–Crippen MR) is 69.7 cm³/mol. The highest BCUT2D eigenvalue weighted by atomic mass is 15.1. The normalized spacial score (nSPS) is 32.1. The van der Waals surface area contributed by atoms with E-state index in [0.717, 1.165) is 12.0 Å². The van der Waals surface area contributed by atoms with Gasteiger partial charge in [-0.15, -0.1) is 0 Å². The molecule has 1 heterocycles. The van der Waals surface area contributed by atoms with Gasteiger partial charge < -0.3 is 10.2 Å². The monoisotopic (exact) mass is 224 g/mol. The molecule has 0 aromatic carbocycles. The first-order valence-corrected chi connectivity index (χ1v) is 7.30. The summed E-state index contributed by atoms with van der Waals surface area (Å²) >= 11 is 0. The van der Waals surface area contributed by atoms with Crippen molar-refractivity contribution in [1.29, 1.82) is 0 Å². The molecule has 1 aliphatic heterocycles. The van der Waals surface area contributed by atoms with E-state index in [9.17, 15) is 0 Å². The summed E-state index contributed by atoms with van der Waals surface area (Å²) in [5.74, 6) is 0.949. The number of rotatable bonds is 5. The van der Waals surface area contributed by atoms with Crippen molar-refractivity contribution < 1.29 is 0 Å². The SMILES string of the molecule is CC1CCCC(NCCCN2CCCC2)C1. The molecule has 1 N–H and O–H groups in total. The van der Waals surface area contributed by atoms with Crippen LogP contribution >= 0.6 is 0 Å². The Morgan fingerprint density at radius 2 is 1.94 bits per heavy atom. The van der Waals surface area contributed by atoms with Crippen molar-refractivity contribution in [3.8, 4) is 0 Å². The molecule has 0 aromatic heterocycles. The topological polar surface area (TPSA) is 15.3 Å². The second-order valence-electron chi connectivity index (χ2n) is 5.83. The van der Waals surface area contributed by atoms with Crippen LogP contribution in [0.1, 0.15) is 51.9 Å². The van der Waals surface area contributed by atoms with Crippen molar-refractivity contribution in [3.05, 3.63) is 0 Å². The Balaban J connectivity index is 1.50. The molecule has 2 unspecified atom stereocenters. The summed E-state index contributed by atoms with van der Waals surface area (Å²) in [7, 11) is 0. The van der Waals surface area contributed by atoms with Crippen molar-refractivity contribution in [2.24, 2.45) is 5.92 Å². The van der Waals surface area contributed by atoms with Gasteiger partial charge in [-0.3, -0.25) is 0 Å². The van der Waals surface area contributed by atoms with E-state index in [-0.39, 0.29) is 0 Å². The maximum absolute atomic E-state index is 3.75. The minimum atomic E-state index is 0.822. The summed E-state index contributed by atoms with van der Waals surface area (Å²) in [6.07, 6.45) is 9.89. The van der Waals surface area contributed by atoms with Crippen molar-refractivity contribution >= 4 is 0 Å². The quantitative estimate of drug-likeness (QED) is 0.722. The maximum Gasteiger partial charge on any atom is 0.00696 e. The van der Waals surface area contributed by atoms with E-state index in [0.29, 0.717) is 0 Å². The van der Waals surface area contributed by atoms with Gasteiger partial charge in [0.2, 0.25) is 0 Å². The third-order valence-electron chi connectivity index (χ3n) is 4.22. The minimum absolute atomic E-state index is 0.822. The molecule has 0 bridgehead atoms. The van der Waals surface area contributed by atoms with Crippen LogP contribution in [0.15, 0.2) is 0 Å². The van der Waals surface area contributed by atoms with Gasteiger partial charge >= 0.3 is 0 Å². The average Bonchev–Trinajstić information content (AvgIpc) is 2.77. The summed E-state index contributed by atoms with van der Waals surface area (Å²) < 4.78 is 0. The van der Waals surface area contributed by atoms with Gasteiger partial charge in [0.1, 0.15) is 0 Å². The first-order valence-electron chi connectivity index (χ1n) is 7.30. The zero-order valence-electron chi connectivity index (χ0n) is 10.9. The van der Waals surface area contributed by atoms with Gasteiger partial charge in [0.05, 0.1) is 0 Å². The van der Waals surface area contributed by atoms with Crippen LogP contribution in [0.2, 0.25) is 0 Å². The van der Waals surface area contributed by atoms with Crippen molar-refractivity contribution in [1.82, 2.24) is 10.2 Å². The standard InChI is InChI=1S/C14H28N2/c1-13-6-4-7-14(12-13)15-8-5-11-16-9-2-3-10-16/h13-15H,2-12H2,1H3. The number of likely N-dealkylation sites (tertiary alicyclic amines) is 1. The second kappa shape index (κ2) is 6.61. The van der Waals surface area contributed by atoms with Crippen LogP contribution in [-0.4, -0.2) is 37.1 Å². The molecular formula is C14H28N2. The summed E-state index contributed by atoms with van der Waals surface area (Å²) in [5, 5.41) is 3.75. The Hall–Kier alpha value is -0.0800. The number of nitrogens with zero attached hydrogens (tertiary/aromatic N) is 1. The van der Waals surface area contributed by atoms with E-state index in [1.165, 1.54) is 71.1 Å². The Kier molecular flexibility index (Phi) is 5.11. The molecule has 2 nitrogen and oxygen atoms in total. The molecule has 0 aromatic rings. The maximum atomic E-state index is 3.75. The van der Waals surface area contributed by atoms with E-state index in [4.69, 9.17) is 0 Å². The first kappa shape index (κ1) is 12.4. The van der Waals surface area contributed by atoms with Gasteiger partial charge in [-0.1, -0.05) is 19.8 Å². The van der Waals surface area contributed by atoms with Crippen molar-refractivity contribution in [3.63, 3.8) is 0 Å². The van der Waals surface area contributed by atoms with Crippen molar-refractivity contribution in [2.45, 2.75) is 57.9 Å². The molecule has 2 rings (SSSR count). The molecule has 0 radical (unpaired) electrons. The summed E-state index contributed by atoms with van der Waals surface area (Å²) in [4.78, 5) is 2.62. The molecule has 2 heteroatoms. The smallest absolute Gasteiger partial charge is 0.00696 e. The Morgan fingerprint density at radius 3 is 2.69 bits per heavy atom. The summed E-state index contributed by atoms with van der Waals surface area (Å²) in [5.41, 5.74) is 0. The van der Waals surface area contributed by atoms with E-state index >= 15 is 0 Å². The average molecular weight is 224 g/mol. The molecule has 2 aliphatic rings. The fourth-order valence-corrected chi connectivity index (χ4v) is 3.23. The third kappa shape index (κ3) is 4.06. The lowest BCUT2D eigenvalue weighted by Gasteiger charge is -2.27. The molecular weight excluding hydrogens is 196 g/mol. The number of hydrogen-bond donors (Lipinski definition) is 1. The molecule has 94 valence electrons. The van der Waals surface area contributed by atoms with E-state index in [1.807, 2.05) is 0 Å². The minimum Gasteiger partial charge on any atom is -0.314 e. The third-order valence-corrected chi connectivity index (χ3v) is 4.22. The fourth-order valence-electron chi connectivity index (χ4n) is 3.23. The second-order valence-corrected chi connectivity index (χ2v) is 5.83. The summed E-state index contributed by atoms with van der Waals surface area (Å²) in [6, 6.07) is 0.822. The summed E-state index contributed by atoms with van der Waals surface area (Å²) in [6.45, 7) is 7.64. The van der Waals surface area contributed by atoms with Gasteiger partial charge in [-0.25, -0.2) is 0 Å². The molecule has 1 saturated carbocycles. The Bertz CT molecular complexity index is 187. The lowest BCUT2D eigenvalue weighted by molar-refractivity contribution is 0.288.